The number of amides is 1. The zero-order valence-corrected chi connectivity index (χ0v) is 9.87. The lowest BCUT2D eigenvalue weighted by Crippen LogP contribution is -2.41. The number of halogens is 1. The third-order valence-corrected chi connectivity index (χ3v) is 3.44. The highest BCUT2D eigenvalue weighted by atomic mass is 35.5. The molecule has 0 saturated heterocycles. The Balaban J connectivity index is 2.16. The predicted octanol–water partition coefficient (Wildman–Crippen LogP) is 2.67. The van der Waals surface area contributed by atoms with Crippen LogP contribution in [0.15, 0.2) is 18.2 Å². The summed E-state index contributed by atoms with van der Waals surface area (Å²) in [5, 5.41) is 9.49. The van der Waals surface area contributed by atoms with Crippen LogP contribution in [0, 0.1) is 0 Å². The van der Waals surface area contributed by atoms with E-state index in [-0.39, 0.29) is 16.7 Å². The number of aromatic hydroxyl groups is 1. The van der Waals surface area contributed by atoms with E-state index in [2.05, 4.69) is 0 Å². The van der Waals surface area contributed by atoms with Crippen molar-refractivity contribution >= 4 is 17.5 Å². The Morgan fingerprint density at radius 3 is 2.69 bits per heavy atom. The molecule has 16 heavy (non-hydrogen) atoms. The van der Waals surface area contributed by atoms with Gasteiger partial charge in [0, 0.05) is 18.7 Å². The summed E-state index contributed by atoms with van der Waals surface area (Å²) in [6, 6.07) is 4.91. The molecular weight excluding hydrogens is 226 g/mol. The predicted molar refractivity (Wildman–Crippen MR) is 62.8 cm³/mol. The Hall–Kier alpha value is -1.22. The van der Waals surface area contributed by atoms with E-state index in [1.807, 2.05) is 7.05 Å². The lowest BCUT2D eigenvalue weighted by Gasteiger charge is -2.34. The average molecular weight is 240 g/mol. The summed E-state index contributed by atoms with van der Waals surface area (Å²) >= 11 is 5.77. The minimum Gasteiger partial charge on any atom is -0.506 e. The number of benzene rings is 1. The van der Waals surface area contributed by atoms with Gasteiger partial charge < -0.3 is 10.0 Å². The topological polar surface area (TPSA) is 40.5 Å². The molecule has 1 amide bonds. The van der Waals surface area contributed by atoms with Crippen molar-refractivity contribution in [2.75, 3.05) is 7.05 Å². The highest BCUT2D eigenvalue weighted by Gasteiger charge is 2.26. The maximum Gasteiger partial charge on any atom is 0.253 e. The Morgan fingerprint density at radius 1 is 1.50 bits per heavy atom. The first-order chi connectivity index (χ1) is 7.59. The van der Waals surface area contributed by atoms with Crippen LogP contribution in [0.4, 0.5) is 0 Å². The summed E-state index contributed by atoms with van der Waals surface area (Å²) in [4.78, 5) is 13.8. The molecule has 1 saturated carbocycles. The highest BCUT2D eigenvalue weighted by molar-refractivity contribution is 6.32. The maximum absolute atomic E-state index is 12.0. The molecule has 4 heteroatoms. The number of hydrogen-bond donors (Lipinski definition) is 1. The van der Waals surface area contributed by atoms with Crippen LogP contribution in [0.2, 0.25) is 5.02 Å². The molecule has 0 unspecified atom stereocenters. The first-order valence-electron chi connectivity index (χ1n) is 5.35. The standard InChI is InChI=1S/C12H14ClNO2/c1-14(9-3-2-4-9)12(16)8-5-6-11(15)10(13)7-8/h5-7,9,15H,2-4H2,1H3. The smallest absolute Gasteiger partial charge is 0.253 e. The second kappa shape index (κ2) is 4.34. The monoisotopic (exact) mass is 239 g/mol. The summed E-state index contributed by atoms with van der Waals surface area (Å²) in [6.07, 6.45) is 3.35. The van der Waals surface area contributed by atoms with Crippen molar-refractivity contribution in [2.24, 2.45) is 0 Å². The van der Waals surface area contributed by atoms with Crippen LogP contribution in [0.1, 0.15) is 29.6 Å². The third-order valence-electron chi connectivity index (χ3n) is 3.14. The van der Waals surface area contributed by atoms with Crippen molar-refractivity contribution in [3.63, 3.8) is 0 Å². The molecule has 1 aliphatic carbocycles. The maximum atomic E-state index is 12.0. The molecule has 0 aromatic heterocycles. The van der Waals surface area contributed by atoms with Gasteiger partial charge in [0.1, 0.15) is 5.75 Å². The average Bonchev–Trinajstić information content (AvgIpc) is 2.18. The summed E-state index contributed by atoms with van der Waals surface area (Å²) < 4.78 is 0. The van der Waals surface area contributed by atoms with Gasteiger partial charge in [-0.1, -0.05) is 11.6 Å². The lowest BCUT2D eigenvalue weighted by atomic mass is 9.91. The van der Waals surface area contributed by atoms with Gasteiger partial charge in [0.05, 0.1) is 5.02 Å². The second-order valence-corrected chi connectivity index (χ2v) is 4.57. The molecular formula is C12H14ClNO2. The molecule has 3 nitrogen and oxygen atoms in total. The first kappa shape index (κ1) is 11.3. The molecule has 0 aliphatic heterocycles. The van der Waals surface area contributed by atoms with E-state index in [0.29, 0.717) is 11.6 Å². The minimum atomic E-state index is -0.0356. The number of carbonyl (C=O) groups is 1. The van der Waals surface area contributed by atoms with Crippen LogP contribution in [-0.4, -0.2) is 29.0 Å². The number of phenols is 1. The molecule has 1 N–H and O–H groups in total. The van der Waals surface area contributed by atoms with E-state index in [1.165, 1.54) is 18.6 Å². The zero-order chi connectivity index (χ0) is 11.7. The fourth-order valence-electron chi connectivity index (χ4n) is 1.78. The van der Waals surface area contributed by atoms with Crippen molar-refractivity contribution in [3.8, 4) is 5.75 Å². The largest absolute Gasteiger partial charge is 0.506 e. The van der Waals surface area contributed by atoms with Crippen LogP contribution in [0.25, 0.3) is 0 Å². The molecule has 0 atom stereocenters. The quantitative estimate of drug-likeness (QED) is 0.862. The van der Waals surface area contributed by atoms with Crippen molar-refractivity contribution < 1.29 is 9.90 Å². The molecule has 1 aromatic carbocycles. The van der Waals surface area contributed by atoms with Gasteiger partial charge in [-0.15, -0.1) is 0 Å². The number of hydrogen-bond acceptors (Lipinski definition) is 2. The van der Waals surface area contributed by atoms with E-state index in [4.69, 9.17) is 11.6 Å². The summed E-state index contributed by atoms with van der Waals surface area (Å²) in [6.45, 7) is 0. The third kappa shape index (κ3) is 2.00. The summed E-state index contributed by atoms with van der Waals surface area (Å²) in [5.74, 6) is -0.0314. The van der Waals surface area contributed by atoms with E-state index in [0.717, 1.165) is 12.8 Å². The van der Waals surface area contributed by atoms with Crippen molar-refractivity contribution in [2.45, 2.75) is 25.3 Å². The first-order valence-corrected chi connectivity index (χ1v) is 5.73. The minimum absolute atomic E-state index is 0.00418. The summed E-state index contributed by atoms with van der Waals surface area (Å²) in [5.41, 5.74) is 0.525. The fraction of sp³-hybridized carbons (Fsp3) is 0.417. The van der Waals surface area contributed by atoms with Gasteiger partial charge in [-0.3, -0.25) is 4.79 Å². The molecule has 0 heterocycles. The normalized spacial score (nSPS) is 15.6. The van der Waals surface area contributed by atoms with Gasteiger partial charge in [0.2, 0.25) is 0 Å². The van der Waals surface area contributed by atoms with Crippen LogP contribution in [-0.2, 0) is 0 Å². The number of phenolic OH excluding ortho intramolecular Hbond substituents is 1. The van der Waals surface area contributed by atoms with Crippen LogP contribution >= 0.6 is 11.6 Å². The van der Waals surface area contributed by atoms with Gasteiger partial charge in [0.25, 0.3) is 5.91 Å². The molecule has 2 rings (SSSR count). The van der Waals surface area contributed by atoms with E-state index >= 15 is 0 Å². The Bertz CT molecular complexity index is 415. The highest BCUT2D eigenvalue weighted by Crippen LogP contribution is 2.27. The molecule has 1 aromatic rings. The molecule has 0 radical (unpaired) electrons. The van der Waals surface area contributed by atoms with Gasteiger partial charge in [0.15, 0.2) is 0 Å². The summed E-state index contributed by atoms with van der Waals surface area (Å²) in [7, 11) is 1.81. The zero-order valence-electron chi connectivity index (χ0n) is 9.11. The molecule has 0 bridgehead atoms. The Kier molecular flexibility index (Phi) is 3.06. The van der Waals surface area contributed by atoms with Crippen LogP contribution in [0.5, 0.6) is 5.75 Å². The van der Waals surface area contributed by atoms with Gasteiger partial charge in [-0.2, -0.15) is 0 Å². The molecule has 0 spiro atoms. The Labute approximate surface area is 99.6 Å². The lowest BCUT2D eigenvalue weighted by molar-refractivity contribution is 0.0652. The van der Waals surface area contributed by atoms with E-state index in [1.54, 1.807) is 11.0 Å². The molecule has 86 valence electrons. The fourth-order valence-corrected chi connectivity index (χ4v) is 1.96. The number of nitrogens with zero attached hydrogens (tertiary/aromatic N) is 1. The van der Waals surface area contributed by atoms with Crippen LogP contribution in [0.3, 0.4) is 0 Å². The van der Waals surface area contributed by atoms with Gasteiger partial charge >= 0.3 is 0 Å². The molecule has 1 aliphatic rings. The van der Waals surface area contributed by atoms with E-state index in [9.17, 15) is 9.90 Å². The van der Waals surface area contributed by atoms with Crippen molar-refractivity contribution in [1.82, 2.24) is 4.90 Å². The number of rotatable bonds is 2. The molecule has 1 fully saturated rings. The Morgan fingerprint density at radius 2 is 2.19 bits per heavy atom. The number of carbonyl (C=O) groups excluding carboxylic acids is 1. The van der Waals surface area contributed by atoms with Crippen molar-refractivity contribution in [1.29, 1.82) is 0 Å². The van der Waals surface area contributed by atoms with Crippen LogP contribution < -0.4 is 0 Å². The van der Waals surface area contributed by atoms with Gasteiger partial charge in [-0.25, -0.2) is 0 Å². The van der Waals surface area contributed by atoms with E-state index < -0.39 is 0 Å². The SMILES string of the molecule is CN(C(=O)c1ccc(O)c(Cl)c1)C1CCC1. The second-order valence-electron chi connectivity index (χ2n) is 4.17. The van der Waals surface area contributed by atoms with Crippen molar-refractivity contribution in [3.05, 3.63) is 28.8 Å². The van der Waals surface area contributed by atoms with Gasteiger partial charge in [-0.05, 0) is 37.5 Å².